The molecule has 0 bridgehead atoms. The molecule has 0 unspecified atom stereocenters. The lowest BCUT2D eigenvalue weighted by Crippen LogP contribution is -2.20. The zero-order valence-electron chi connectivity index (χ0n) is 15.6. The fourth-order valence-electron chi connectivity index (χ4n) is 2.88. The van der Waals surface area contributed by atoms with Gasteiger partial charge in [-0.1, -0.05) is 0 Å². The molecule has 0 radical (unpaired) electrons. The quantitative estimate of drug-likeness (QED) is 0.556. The van der Waals surface area contributed by atoms with Gasteiger partial charge in [-0.2, -0.15) is 10.1 Å². The molecule has 0 fully saturated rings. The number of rotatable bonds is 4. The summed E-state index contributed by atoms with van der Waals surface area (Å²) >= 11 is 0. The first-order chi connectivity index (χ1) is 12.9. The second-order valence-electron chi connectivity index (χ2n) is 6.73. The van der Waals surface area contributed by atoms with E-state index in [1.165, 1.54) is 4.57 Å². The molecule has 0 saturated heterocycles. The lowest BCUT2D eigenvalue weighted by molar-refractivity contribution is 0.413. The van der Waals surface area contributed by atoms with E-state index in [2.05, 4.69) is 15.1 Å². The van der Waals surface area contributed by atoms with Crippen molar-refractivity contribution in [3.8, 4) is 23.0 Å². The van der Waals surface area contributed by atoms with Crippen LogP contribution in [0.15, 0.2) is 47.8 Å². The molecule has 0 spiro atoms. The van der Waals surface area contributed by atoms with Crippen LogP contribution in [0.5, 0.6) is 11.8 Å². The summed E-state index contributed by atoms with van der Waals surface area (Å²) in [5.41, 5.74) is 2.20. The molecule has 1 aromatic carbocycles. The van der Waals surface area contributed by atoms with Crippen LogP contribution in [0.3, 0.4) is 0 Å². The molecule has 0 N–H and O–H groups in total. The molecule has 8 heteroatoms. The van der Waals surface area contributed by atoms with Gasteiger partial charge >= 0.3 is 6.01 Å². The van der Waals surface area contributed by atoms with E-state index in [9.17, 15) is 4.79 Å². The second kappa shape index (κ2) is 6.39. The van der Waals surface area contributed by atoms with E-state index in [0.717, 1.165) is 11.3 Å². The van der Waals surface area contributed by atoms with E-state index in [4.69, 9.17) is 4.74 Å². The normalized spacial score (nSPS) is 11.4. The summed E-state index contributed by atoms with van der Waals surface area (Å²) in [4.78, 5) is 21.5. The number of fused-ring (bicyclic) bond motifs is 1. The maximum Gasteiger partial charge on any atom is 0.306 e. The van der Waals surface area contributed by atoms with Gasteiger partial charge in [0.2, 0.25) is 0 Å². The number of imidazole rings is 1. The van der Waals surface area contributed by atoms with E-state index in [0.29, 0.717) is 16.8 Å². The fraction of sp³-hybridized carbons (Fsp3) is 0.263. The van der Waals surface area contributed by atoms with Crippen molar-refractivity contribution in [1.29, 1.82) is 0 Å². The minimum Gasteiger partial charge on any atom is -0.425 e. The van der Waals surface area contributed by atoms with E-state index >= 15 is 0 Å². The molecule has 138 valence electrons. The Labute approximate surface area is 155 Å². The van der Waals surface area contributed by atoms with Crippen molar-refractivity contribution in [1.82, 2.24) is 28.9 Å². The Balaban J connectivity index is 1.69. The molecule has 0 aliphatic carbocycles. The van der Waals surface area contributed by atoms with E-state index in [1.54, 1.807) is 24.3 Å². The Morgan fingerprint density at radius 2 is 1.85 bits per heavy atom. The van der Waals surface area contributed by atoms with Crippen LogP contribution < -0.4 is 10.3 Å². The van der Waals surface area contributed by atoms with E-state index < -0.39 is 0 Å². The summed E-state index contributed by atoms with van der Waals surface area (Å²) in [6.07, 6.45) is 5.25. The van der Waals surface area contributed by atoms with Gasteiger partial charge < -0.3 is 9.30 Å². The highest BCUT2D eigenvalue weighted by Crippen LogP contribution is 2.24. The highest BCUT2D eigenvalue weighted by molar-refractivity contribution is 5.73. The molecule has 27 heavy (non-hydrogen) atoms. The third kappa shape index (κ3) is 2.99. The lowest BCUT2D eigenvalue weighted by atomic mass is 10.2. The predicted octanol–water partition coefficient (Wildman–Crippen LogP) is 2.90. The molecule has 4 aromatic rings. The number of ether oxygens (including phenoxy) is 1. The molecule has 0 aliphatic heterocycles. The van der Waals surface area contributed by atoms with Gasteiger partial charge in [0.25, 0.3) is 5.56 Å². The molecule has 0 atom stereocenters. The number of nitrogens with zero attached hydrogens (tertiary/aromatic N) is 6. The maximum atomic E-state index is 12.6. The van der Waals surface area contributed by atoms with Gasteiger partial charge in [0.05, 0.1) is 18.2 Å². The summed E-state index contributed by atoms with van der Waals surface area (Å²) in [5.74, 6) is 0.590. The van der Waals surface area contributed by atoms with Crippen LogP contribution in [0.25, 0.3) is 22.3 Å². The minimum absolute atomic E-state index is 0.0904. The van der Waals surface area contributed by atoms with Crippen molar-refractivity contribution >= 4 is 11.0 Å². The zero-order valence-corrected chi connectivity index (χ0v) is 15.6. The van der Waals surface area contributed by atoms with Crippen molar-refractivity contribution in [2.75, 3.05) is 0 Å². The summed E-state index contributed by atoms with van der Waals surface area (Å²) in [7, 11) is 3.57. The van der Waals surface area contributed by atoms with Crippen LogP contribution in [-0.2, 0) is 14.1 Å². The van der Waals surface area contributed by atoms with Gasteiger partial charge in [-0.25, -0.2) is 9.67 Å². The van der Waals surface area contributed by atoms with Gasteiger partial charge in [0, 0.05) is 31.9 Å². The molecule has 3 heterocycles. The first kappa shape index (κ1) is 17.0. The molecular formula is C19H20N6O2. The number of hydrogen-bond donors (Lipinski definition) is 0. The number of aromatic nitrogens is 6. The largest absolute Gasteiger partial charge is 0.425 e. The highest BCUT2D eigenvalue weighted by Gasteiger charge is 2.16. The maximum absolute atomic E-state index is 12.6. The summed E-state index contributed by atoms with van der Waals surface area (Å²) in [6.45, 7) is 3.98. The molecule has 4 rings (SSSR count). The minimum atomic E-state index is -0.188. The van der Waals surface area contributed by atoms with Gasteiger partial charge in [0.1, 0.15) is 11.1 Å². The summed E-state index contributed by atoms with van der Waals surface area (Å²) in [5, 5.41) is 4.74. The first-order valence-corrected chi connectivity index (χ1v) is 8.64. The van der Waals surface area contributed by atoms with Gasteiger partial charge in [0.15, 0.2) is 5.65 Å². The summed E-state index contributed by atoms with van der Waals surface area (Å²) < 4.78 is 10.9. The molecule has 8 nitrogen and oxygen atoms in total. The van der Waals surface area contributed by atoms with Crippen LogP contribution in [-0.4, -0.2) is 28.9 Å². The topological polar surface area (TPSA) is 79.8 Å². The summed E-state index contributed by atoms with van der Waals surface area (Å²) in [6, 6.07) is 7.83. The van der Waals surface area contributed by atoms with Crippen LogP contribution in [0.2, 0.25) is 0 Å². The van der Waals surface area contributed by atoms with Crippen molar-refractivity contribution < 1.29 is 4.74 Å². The fourth-order valence-corrected chi connectivity index (χ4v) is 2.88. The molecule has 0 saturated carbocycles. The second-order valence-corrected chi connectivity index (χ2v) is 6.73. The van der Waals surface area contributed by atoms with E-state index in [-0.39, 0.29) is 17.6 Å². The molecular weight excluding hydrogens is 344 g/mol. The smallest absolute Gasteiger partial charge is 0.306 e. The number of hydrogen-bond acceptors (Lipinski definition) is 5. The van der Waals surface area contributed by atoms with Crippen molar-refractivity contribution in [2.24, 2.45) is 14.1 Å². The van der Waals surface area contributed by atoms with Crippen molar-refractivity contribution in [3.63, 3.8) is 0 Å². The van der Waals surface area contributed by atoms with Gasteiger partial charge in [-0.15, -0.1) is 0 Å². The van der Waals surface area contributed by atoms with Crippen LogP contribution in [0.1, 0.15) is 19.9 Å². The monoisotopic (exact) mass is 364 g/mol. The third-order valence-corrected chi connectivity index (χ3v) is 4.35. The number of aryl methyl sites for hydroxylation is 1. The SMILES string of the molecule is CC(C)n1ncc2c(=O)n(C)c(Oc3ccc(-c4cn(C)cn4)cc3)nc21. The first-order valence-electron chi connectivity index (χ1n) is 8.64. The Morgan fingerprint density at radius 3 is 2.48 bits per heavy atom. The Kier molecular flexibility index (Phi) is 4.02. The Bertz CT molecular complexity index is 1170. The Morgan fingerprint density at radius 1 is 1.11 bits per heavy atom. The van der Waals surface area contributed by atoms with Crippen molar-refractivity contribution in [2.45, 2.75) is 19.9 Å². The highest BCUT2D eigenvalue weighted by atomic mass is 16.5. The van der Waals surface area contributed by atoms with Crippen LogP contribution in [0, 0.1) is 0 Å². The van der Waals surface area contributed by atoms with Crippen LogP contribution >= 0.6 is 0 Å². The zero-order chi connectivity index (χ0) is 19.1. The Hall–Kier alpha value is -3.42. The van der Waals surface area contributed by atoms with Gasteiger partial charge in [-0.05, 0) is 38.1 Å². The predicted molar refractivity (Wildman–Crippen MR) is 102 cm³/mol. The van der Waals surface area contributed by atoms with E-state index in [1.807, 2.05) is 55.9 Å². The number of benzene rings is 1. The third-order valence-electron chi connectivity index (χ3n) is 4.35. The van der Waals surface area contributed by atoms with Crippen LogP contribution in [0.4, 0.5) is 0 Å². The standard InChI is InChI=1S/C19H20N6O2/c1-12(2)25-17-15(9-21-25)18(26)24(4)19(22-17)27-14-7-5-13(6-8-14)16-10-23(3)11-20-16/h5-12H,1-4H3. The molecule has 0 aliphatic rings. The molecule has 0 amide bonds. The molecule has 3 aromatic heterocycles. The van der Waals surface area contributed by atoms with Crippen molar-refractivity contribution in [3.05, 3.63) is 53.3 Å². The lowest BCUT2D eigenvalue weighted by Gasteiger charge is -2.11. The van der Waals surface area contributed by atoms with Gasteiger partial charge in [-0.3, -0.25) is 9.36 Å². The average Bonchev–Trinajstić information content (AvgIpc) is 3.26. The average molecular weight is 364 g/mol.